The normalized spacial score (nSPS) is 15.6. The lowest BCUT2D eigenvalue weighted by atomic mass is 10.3. The van der Waals surface area contributed by atoms with Crippen LogP contribution in [0.25, 0.3) is 10.2 Å². The number of para-hydroxylation sites is 1. The van der Waals surface area contributed by atoms with Gasteiger partial charge >= 0.3 is 0 Å². The fourth-order valence-corrected chi connectivity index (χ4v) is 3.66. The molecule has 0 radical (unpaired) electrons. The third-order valence-electron chi connectivity index (χ3n) is 3.85. The lowest BCUT2D eigenvalue weighted by Gasteiger charge is -2.14. The number of carbonyl (C=O) groups is 1. The largest absolute Gasteiger partial charge is 0.355 e. The van der Waals surface area contributed by atoms with Gasteiger partial charge in [-0.15, -0.1) is 11.3 Å². The van der Waals surface area contributed by atoms with Crippen molar-refractivity contribution in [3.8, 4) is 0 Å². The molecule has 1 N–H and O–H groups in total. The minimum absolute atomic E-state index is 0.133. The molecule has 0 atom stereocenters. The fraction of sp³-hybridized carbons (Fsp3) is 0.500. The van der Waals surface area contributed by atoms with E-state index in [1.54, 1.807) is 11.3 Å². The Bertz CT molecular complexity index is 571. The van der Waals surface area contributed by atoms with Gasteiger partial charge in [0.25, 0.3) is 0 Å². The first-order valence-corrected chi connectivity index (χ1v) is 8.46. The van der Waals surface area contributed by atoms with Gasteiger partial charge in [0.05, 0.1) is 15.2 Å². The van der Waals surface area contributed by atoms with E-state index in [2.05, 4.69) is 21.3 Å². The molecule has 0 aliphatic carbocycles. The van der Waals surface area contributed by atoms with Crippen LogP contribution in [0, 0.1) is 0 Å². The van der Waals surface area contributed by atoms with Crippen LogP contribution in [0.2, 0.25) is 0 Å². The molecule has 0 spiro atoms. The number of nitrogens with one attached hydrogen (secondary N) is 1. The molecule has 5 heteroatoms. The second kappa shape index (κ2) is 7.00. The topological polar surface area (TPSA) is 45.2 Å². The number of aromatic nitrogens is 1. The molecule has 1 fully saturated rings. The summed E-state index contributed by atoms with van der Waals surface area (Å²) in [7, 11) is 0. The van der Waals surface area contributed by atoms with Crippen molar-refractivity contribution in [1.82, 2.24) is 15.2 Å². The van der Waals surface area contributed by atoms with Gasteiger partial charge in [-0.05, 0) is 38.1 Å². The van der Waals surface area contributed by atoms with Crippen LogP contribution < -0.4 is 5.32 Å². The number of thiazole rings is 1. The van der Waals surface area contributed by atoms with E-state index in [0.29, 0.717) is 6.42 Å². The molecule has 0 bridgehead atoms. The van der Waals surface area contributed by atoms with Crippen LogP contribution in [0.15, 0.2) is 24.3 Å². The van der Waals surface area contributed by atoms with E-state index in [0.717, 1.165) is 30.0 Å². The van der Waals surface area contributed by atoms with Gasteiger partial charge in [0.15, 0.2) is 0 Å². The molecule has 2 heterocycles. The lowest BCUT2D eigenvalue weighted by molar-refractivity contribution is -0.121. The number of aryl methyl sites for hydroxylation is 1. The zero-order chi connectivity index (χ0) is 14.5. The van der Waals surface area contributed by atoms with Gasteiger partial charge in [-0.3, -0.25) is 4.79 Å². The van der Waals surface area contributed by atoms with E-state index in [1.165, 1.54) is 30.6 Å². The molecule has 2 aromatic rings. The molecule has 4 nitrogen and oxygen atoms in total. The summed E-state index contributed by atoms with van der Waals surface area (Å²) in [4.78, 5) is 18.8. The number of fused-ring (bicyclic) bond motifs is 1. The van der Waals surface area contributed by atoms with Crippen LogP contribution >= 0.6 is 11.3 Å². The number of likely N-dealkylation sites (tertiary alicyclic amines) is 1. The number of hydrogen-bond acceptors (Lipinski definition) is 4. The number of hydrogen-bond donors (Lipinski definition) is 1. The van der Waals surface area contributed by atoms with Crippen molar-refractivity contribution in [2.24, 2.45) is 0 Å². The summed E-state index contributed by atoms with van der Waals surface area (Å²) in [6.07, 6.45) is 3.85. The average molecular weight is 303 g/mol. The Morgan fingerprint density at radius 2 is 2.10 bits per heavy atom. The number of benzene rings is 1. The van der Waals surface area contributed by atoms with Crippen molar-refractivity contribution in [2.75, 3.05) is 26.2 Å². The van der Waals surface area contributed by atoms with Crippen molar-refractivity contribution >= 4 is 27.5 Å². The molecule has 3 rings (SSSR count). The van der Waals surface area contributed by atoms with Crippen LogP contribution in [0.3, 0.4) is 0 Å². The molecule has 0 unspecified atom stereocenters. The molecule has 1 amide bonds. The minimum Gasteiger partial charge on any atom is -0.355 e. The Labute approximate surface area is 129 Å². The van der Waals surface area contributed by atoms with Gasteiger partial charge < -0.3 is 10.2 Å². The summed E-state index contributed by atoms with van der Waals surface area (Å²) < 4.78 is 1.20. The Morgan fingerprint density at radius 1 is 1.29 bits per heavy atom. The minimum atomic E-state index is 0.133. The lowest BCUT2D eigenvalue weighted by Crippen LogP contribution is -2.33. The third-order valence-corrected chi connectivity index (χ3v) is 4.95. The van der Waals surface area contributed by atoms with E-state index in [1.807, 2.05) is 18.2 Å². The first-order valence-electron chi connectivity index (χ1n) is 7.65. The molecular formula is C16H21N3OS. The highest BCUT2D eigenvalue weighted by molar-refractivity contribution is 7.18. The molecule has 21 heavy (non-hydrogen) atoms. The SMILES string of the molecule is O=C(CCc1nc2ccccc2s1)NCCN1CCCC1. The van der Waals surface area contributed by atoms with Crippen LogP contribution in [0.5, 0.6) is 0 Å². The molecule has 1 aliphatic rings. The van der Waals surface area contributed by atoms with Crippen molar-refractivity contribution in [3.05, 3.63) is 29.3 Å². The monoisotopic (exact) mass is 303 g/mol. The Kier molecular flexibility index (Phi) is 4.83. The number of rotatable bonds is 6. The van der Waals surface area contributed by atoms with Crippen LogP contribution in [0.4, 0.5) is 0 Å². The Morgan fingerprint density at radius 3 is 2.90 bits per heavy atom. The summed E-state index contributed by atoms with van der Waals surface area (Å²) in [5.74, 6) is 0.133. The van der Waals surface area contributed by atoms with Gasteiger partial charge in [-0.1, -0.05) is 12.1 Å². The maximum absolute atomic E-state index is 11.9. The van der Waals surface area contributed by atoms with Gasteiger partial charge in [-0.25, -0.2) is 4.98 Å². The van der Waals surface area contributed by atoms with Crippen LogP contribution in [-0.2, 0) is 11.2 Å². The second-order valence-electron chi connectivity index (χ2n) is 5.47. The average Bonchev–Trinajstić information content (AvgIpc) is 3.13. The maximum atomic E-state index is 11.9. The summed E-state index contributed by atoms with van der Waals surface area (Å²) in [6, 6.07) is 8.12. The van der Waals surface area contributed by atoms with Gasteiger partial charge in [0.2, 0.25) is 5.91 Å². The third kappa shape index (κ3) is 4.02. The summed E-state index contributed by atoms with van der Waals surface area (Å²) in [5.41, 5.74) is 1.03. The van der Waals surface area contributed by atoms with Crippen LogP contribution in [0.1, 0.15) is 24.3 Å². The van der Waals surface area contributed by atoms with E-state index in [-0.39, 0.29) is 5.91 Å². The molecule has 112 valence electrons. The zero-order valence-corrected chi connectivity index (χ0v) is 13.0. The van der Waals surface area contributed by atoms with Crippen molar-refractivity contribution in [3.63, 3.8) is 0 Å². The van der Waals surface area contributed by atoms with Gasteiger partial charge in [0.1, 0.15) is 0 Å². The van der Waals surface area contributed by atoms with Crippen LogP contribution in [-0.4, -0.2) is 42.0 Å². The fourth-order valence-electron chi connectivity index (χ4n) is 2.70. The quantitative estimate of drug-likeness (QED) is 0.891. The van der Waals surface area contributed by atoms with E-state index >= 15 is 0 Å². The predicted molar refractivity (Wildman–Crippen MR) is 86.6 cm³/mol. The highest BCUT2D eigenvalue weighted by Crippen LogP contribution is 2.22. The molecule has 1 aromatic heterocycles. The number of amides is 1. The maximum Gasteiger partial charge on any atom is 0.220 e. The molecule has 1 aliphatic heterocycles. The molecule has 1 aromatic carbocycles. The summed E-state index contributed by atoms with van der Waals surface area (Å²) >= 11 is 1.68. The van der Waals surface area contributed by atoms with Crippen molar-refractivity contribution < 1.29 is 4.79 Å². The highest BCUT2D eigenvalue weighted by atomic mass is 32.1. The van der Waals surface area contributed by atoms with E-state index in [9.17, 15) is 4.79 Å². The predicted octanol–water partition coefficient (Wildman–Crippen LogP) is 2.44. The van der Waals surface area contributed by atoms with Gasteiger partial charge in [0, 0.05) is 25.9 Å². The van der Waals surface area contributed by atoms with Gasteiger partial charge in [-0.2, -0.15) is 0 Å². The van der Waals surface area contributed by atoms with E-state index in [4.69, 9.17) is 0 Å². The molecular weight excluding hydrogens is 282 g/mol. The summed E-state index contributed by atoms with van der Waals surface area (Å²) in [6.45, 7) is 4.11. The number of carbonyl (C=O) groups excluding carboxylic acids is 1. The molecule has 1 saturated heterocycles. The zero-order valence-electron chi connectivity index (χ0n) is 12.2. The Balaban J connectivity index is 1.40. The second-order valence-corrected chi connectivity index (χ2v) is 6.59. The summed E-state index contributed by atoms with van der Waals surface area (Å²) in [5, 5.41) is 4.06. The first-order chi connectivity index (χ1) is 10.3. The Hall–Kier alpha value is -1.46. The van der Waals surface area contributed by atoms with Crippen molar-refractivity contribution in [1.29, 1.82) is 0 Å². The van der Waals surface area contributed by atoms with E-state index < -0.39 is 0 Å². The first kappa shape index (κ1) is 14.5. The highest BCUT2D eigenvalue weighted by Gasteiger charge is 2.11. The standard InChI is InChI=1S/C16H21N3OS/c20-15(17-9-12-19-10-3-4-11-19)7-8-16-18-13-5-1-2-6-14(13)21-16/h1-2,5-6H,3-4,7-12H2,(H,17,20). The number of nitrogens with zero attached hydrogens (tertiary/aromatic N) is 2. The molecule has 0 saturated carbocycles. The smallest absolute Gasteiger partial charge is 0.220 e. The van der Waals surface area contributed by atoms with Crippen molar-refractivity contribution in [2.45, 2.75) is 25.7 Å².